The third-order valence-corrected chi connectivity index (χ3v) is 7.22. The van der Waals surface area contributed by atoms with Crippen molar-refractivity contribution < 1.29 is 0 Å². The van der Waals surface area contributed by atoms with E-state index >= 15 is 0 Å². The van der Waals surface area contributed by atoms with Crippen LogP contribution in [0.25, 0.3) is 49.4 Å². The Bertz CT molecular complexity index is 1610. The standard InChI is InChI=1S/C28H23N4P/c29-27(31-23-13-5-1-9-19(23)20-10-2-6-14-24(20)31)17-18-28(30)33-32-25-15-7-3-11-21(25)22-12-4-8-16-26(22)32/h1-18,33H,29-30H2/b27-17+,28-18+. The molecule has 0 saturated carbocycles. The van der Waals surface area contributed by atoms with Gasteiger partial charge in [-0.05, 0) is 36.4 Å². The summed E-state index contributed by atoms with van der Waals surface area (Å²) < 4.78 is 4.39. The summed E-state index contributed by atoms with van der Waals surface area (Å²) in [6, 6.07) is 33.6. The molecule has 1 atom stereocenters. The molecule has 0 aliphatic heterocycles. The van der Waals surface area contributed by atoms with Crippen molar-refractivity contribution in [1.82, 2.24) is 8.90 Å². The maximum absolute atomic E-state index is 6.59. The van der Waals surface area contributed by atoms with Crippen molar-refractivity contribution in [2.75, 3.05) is 0 Å². The van der Waals surface area contributed by atoms with Gasteiger partial charge in [0.1, 0.15) is 5.82 Å². The Kier molecular flexibility index (Phi) is 4.67. The van der Waals surface area contributed by atoms with Crippen LogP contribution in [-0.2, 0) is 0 Å². The number of benzene rings is 4. The number of rotatable bonds is 4. The molecule has 0 saturated heterocycles. The Morgan fingerprint density at radius 1 is 0.545 bits per heavy atom. The van der Waals surface area contributed by atoms with Gasteiger partial charge in [-0.2, -0.15) is 0 Å². The highest BCUT2D eigenvalue weighted by molar-refractivity contribution is 7.41. The molecule has 160 valence electrons. The summed E-state index contributed by atoms with van der Waals surface area (Å²) in [5.74, 6) is 0.641. The van der Waals surface area contributed by atoms with Crippen molar-refractivity contribution >= 4 is 58.2 Å². The Morgan fingerprint density at radius 2 is 0.939 bits per heavy atom. The minimum absolute atomic E-state index is 0.284. The van der Waals surface area contributed by atoms with Crippen LogP contribution in [-0.4, -0.2) is 8.90 Å². The summed E-state index contributed by atoms with van der Waals surface area (Å²) in [5.41, 5.74) is 18.4. The van der Waals surface area contributed by atoms with Crippen molar-refractivity contribution in [3.8, 4) is 0 Å². The quantitative estimate of drug-likeness (QED) is 0.237. The average Bonchev–Trinajstić information content (AvgIpc) is 3.36. The molecule has 0 amide bonds. The Labute approximate surface area is 193 Å². The maximum Gasteiger partial charge on any atom is 0.108 e. The molecular weight excluding hydrogens is 423 g/mol. The van der Waals surface area contributed by atoms with Crippen LogP contribution in [0, 0.1) is 0 Å². The molecule has 0 fully saturated rings. The van der Waals surface area contributed by atoms with E-state index in [-0.39, 0.29) is 8.73 Å². The van der Waals surface area contributed by atoms with Crippen LogP contribution >= 0.6 is 8.73 Å². The summed E-state index contributed by atoms with van der Waals surface area (Å²) in [4.78, 5) is 0. The lowest BCUT2D eigenvalue weighted by Crippen LogP contribution is -2.06. The Morgan fingerprint density at radius 3 is 1.42 bits per heavy atom. The number of nitrogens with zero attached hydrogens (tertiary/aromatic N) is 2. The number of hydrogen-bond donors (Lipinski definition) is 2. The smallest absolute Gasteiger partial charge is 0.108 e. The number of allylic oxidation sites excluding steroid dienone is 2. The van der Waals surface area contributed by atoms with Gasteiger partial charge in [-0.3, -0.25) is 4.57 Å². The molecule has 0 radical (unpaired) electrons. The second-order valence-electron chi connectivity index (χ2n) is 8.06. The first-order valence-corrected chi connectivity index (χ1v) is 11.8. The van der Waals surface area contributed by atoms with E-state index < -0.39 is 0 Å². The molecule has 1 unspecified atom stereocenters. The van der Waals surface area contributed by atoms with Crippen molar-refractivity contribution in [3.05, 3.63) is 115 Å². The lowest BCUT2D eigenvalue weighted by Gasteiger charge is -2.09. The molecule has 4 nitrogen and oxygen atoms in total. The third-order valence-electron chi connectivity index (χ3n) is 6.09. The second-order valence-corrected chi connectivity index (χ2v) is 9.31. The predicted octanol–water partition coefficient (Wildman–Crippen LogP) is 6.60. The van der Waals surface area contributed by atoms with E-state index in [4.69, 9.17) is 11.5 Å². The van der Waals surface area contributed by atoms with Gasteiger partial charge in [-0.25, -0.2) is 0 Å². The minimum atomic E-state index is 0.284. The van der Waals surface area contributed by atoms with E-state index in [1.165, 1.54) is 32.6 Å². The van der Waals surface area contributed by atoms with Crippen LogP contribution in [0.5, 0.6) is 0 Å². The van der Waals surface area contributed by atoms with E-state index in [1.54, 1.807) is 0 Å². The van der Waals surface area contributed by atoms with Gasteiger partial charge >= 0.3 is 0 Å². The fourth-order valence-electron chi connectivity index (χ4n) is 4.66. The summed E-state index contributed by atoms with van der Waals surface area (Å²) in [6.07, 6.45) is 3.84. The number of aromatic nitrogens is 2. The first-order valence-electron chi connectivity index (χ1n) is 10.9. The van der Waals surface area contributed by atoms with Crippen LogP contribution in [0.1, 0.15) is 0 Å². The van der Waals surface area contributed by atoms with Gasteiger partial charge in [0, 0.05) is 30.3 Å². The zero-order valence-corrected chi connectivity index (χ0v) is 18.9. The van der Waals surface area contributed by atoms with E-state index in [0.29, 0.717) is 5.82 Å². The van der Waals surface area contributed by atoms with Gasteiger partial charge in [0.2, 0.25) is 0 Å². The third kappa shape index (κ3) is 3.19. The van der Waals surface area contributed by atoms with Crippen LogP contribution < -0.4 is 11.5 Å². The zero-order chi connectivity index (χ0) is 22.4. The topological polar surface area (TPSA) is 61.9 Å². The SMILES string of the molecule is N/C(=C\C=C(/N)n1c2ccccc2c2ccccc21)Pn1c2ccccc2c2ccccc21. The van der Waals surface area contributed by atoms with E-state index in [1.807, 2.05) is 24.3 Å². The summed E-state index contributed by atoms with van der Waals surface area (Å²) in [6.45, 7) is 0. The van der Waals surface area contributed by atoms with Crippen LogP contribution in [0.2, 0.25) is 0 Å². The summed E-state index contributed by atoms with van der Waals surface area (Å²) in [7, 11) is 0.284. The molecule has 33 heavy (non-hydrogen) atoms. The lowest BCUT2D eigenvalue weighted by atomic mass is 10.2. The number of para-hydroxylation sites is 4. The first kappa shape index (κ1) is 19.7. The summed E-state index contributed by atoms with van der Waals surface area (Å²) in [5, 5.41) is 4.87. The van der Waals surface area contributed by atoms with Gasteiger partial charge in [0.25, 0.3) is 0 Å². The summed E-state index contributed by atoms with van der Waals surface area (Å²) >= 11 is 0. The normalized spacial score (nSPS) is 13.3. The molecule has 2 aromatic heterocycles. The predicted molar refractivity (Wildman–Crippen MR) is 143 cm³/mol. The largest absolute Gasteiger partial charge is 0.397 e. The van der Waals surface area contributed by atoms with Crippen LogP contribution in [0.3, 0.4) is 0 Å². The zero-order valence-electron chi connectivity index (χ0n) is 17.9. The van der Waals surface area contributed by atoms with E-state index in [9.17, 15) is 0 Å². The van der Waals surface area contributed by atoms with Crippen LogP contribution in [0.15, 0.2) is 115 Å². The maximum atomic E-state index is 6.59. The first-order chi connectivity index (χ1) is 16.2. The fraction of sp³-hybridized carbons (Fsp3) is 0. The minimum Gasteiger partial charge on any atom is -0.397 e. The van der Waals surface area contributed by atoms with Gasteiger partial charge in [0.15, 0.2) is 0 Å². The van der Waals surface area contributed by atoms with Gasteiger partial charge in [-0.1, -0.05) is 72.8 Å². The lowest BCUT2D eigenvalue weighted by molar-refractivity contribution is 1.18. The van der Waals surface area contributed by atoms with Crippen molar-refractivity contribution in [1.29, 1.82) is 0 Å². The Hall–Kier alpha value is -4.01. The molecule has 0 aliphatic carbocycles. The number of nitrogens with two attached hydrogens (primary N) is 2. The van der Waals surface area contributed by atoms with Gasteiger partial charge in [-0.15, -0.1) is 0 Å². The molecule has 0 bridgehead atoms. The second kappa shape index (κ2) is 7.84. The molecule has 4 aromatic carbocycles. The van der Waals surface area contributed by atoms with Crippen LogP contribution in [0.4, 0.5) is 0 Å². The average molecular weight is 446 g/mol. The molecule has 0 spiro atoms. The molecule has 0 aliphatic rings. The van der Waals surface area contributed by atoms with Gasteiger partial charge < -0.3 is 15.8 Å². The van der Waals surface area contributed by atoms with E-state index in [0.717, 1.165) is 16.5 Å². The van der Waals surface area contributed by atoms with Gasteiger partial charge in [0.05, 0.1) is 27.5 Å². The highest BCUT2D eigenvalue weighted by Gasteiger charge is 2.12. The Balaban J connectivity index is 1.42. The molecular formula is C28H23N4P. The molecule has 5 heteroatoms. The fourth-order valence-corrected chi connectivity index (χ4v) is 5.71. The molecule has 6 rings (SSSR count). The molecule has 4 N–H and O–H groups in total. The van der Waals surface area contributed by atoms with Crippen molar-refractivity contribution in [2.45, 2.75) is 0 Å². The number of fused-ring (bicyclic) bond motifs is 6. The van der Waals surface area contributed by atoms with E-state index in [2.05, 4.69) is 93.8 Å². The highest BCUT2D eigenvalue weighted by Crippen LogP contribution is 2.37. The molecule has 6 aromatic rings. The molecule has 2 heterocycles. The highest BCUT2D eigenvalue weighted by atomic mass is 31.1. The van der Waals surface area contributed by atoms with Crippen molar-refractivity contribution in [2.24, 2.45) is 11.5 Å². The van der Waals surface area contributed by atoms with Crippen molar-refractivity contribution in [3.63, 3.8) is 0 Å². The monoisotopic (exact) mass is 446 g/mol. The number of hydrogen-bond acceptors (Lipinski definition) is 2.